The number of nitrogens with one attached hydrogen (secondary N) is 3. The number of benzene rings is 1. The van der Waals surface area contributed by atoms with Gasteiger partial charge in [0.1, 0.15) is 6.17 Å². The van der Waals surface area contributed by atoms with Crippen LogP contribution in [0.3, 0.4) is 0 Å². The third-order valence-corrected chi connectivity index (χ3v) is 6.61. The van der Waals surface area contributed by atoms with E-state index in [-0.39, 0.29) is 23.6 Å². The van der Waals surface area contributed by atoms with Gasteiger partial charge < -0.3 is 15.7 Å². The van der Waals surface area contributed by atoms with E-state index < -0.39 is 23.9 Å². The van der Waals surface area contributed by atoms with Crippen LogP contribution in [0, 0.1) is 23.2 Å². The highest BCUT2D eigenvalue weighted by molar-refractivity contribution is 5.82. The number of nitrogens with zero attached hydrogens (tertiary/aromatic N) is 2. The molecule has 0 radical (unpaired) electrons. The number of piperidine rings is 1. The number of halogens is 3. The molecular weight excluding hydrogens is 411 g/mol. The average Bonchev–Trinajstić information content (AvgIpc) is 3.48. The summed E-state index contributed by atoms with van der Waals surface area (Å²) in [6, 6.07) is 7.59. The second-order valence-corrected chi connectivity index (χ2v) is 8.75. The maximum Gasteiger partial charge on any atom is 0.421 e. The summed E-state index contributed by atoms with van der Waals surface area (Å²) in [7, 11) is 0. The molecular formula is C21H26F3N5O2. The van der Waals surface area contributed by atoms with E-state index in [4.69, 9.17) is 0 Å². The molecule has 3 aliphatic rings. The van der Waals surface area contributed by atoms with Crippen LogP contribution in [-0.4, -0.2) is 47.0 Å². The number of hydrogen-bond acceptors (Lipinski definition) is 6. The van der Waals surface area contributed by atoms with E-state index in [1.807, 2.05) is 0 Å². The van der Waals surface area contributed by atoms with Crippen molar-refractivity contribution in [1.82, 2.24) is 15.8 Å². The number of hydrazine groups is 1. The van der Waals surface area contributed by atoms with Gasteiger partial charge in [-0.1, -0.05) is 12.1 Å². The SMILES string of the molecule is CC(O)(c1ccc(NC2NN([C@@H](CC#N)C3CC3)C3CCNC(=O)C23)cc1)C(F)(F)F. The summed E-state index contributed by atoms with van der Waals surface area (Å²) in [5.41, 5.74) is 0.688. The monoisotopic (exact) mass is 437 g/mol. The molecule has 1 aliphatic carbocycles. The molecule has 1 saturated carbocycles. The van der Waals surface area contributed by atoms with Gasteiger partial charge in [0.05, 0.1) is 18.4 Å². The van der Waals surface area contributed by atoms with Crippen LogP contribution in [0.4, 0.5) is 18.9 Å². The molecule has 2 saturated heterocycles. The van der Waals surface area contributed by atoms with E-state index in [9.17, 15) is 28.3 Å². The van der Waals surface area contributed by atoms with Crippen molar-refractivity contribution in [3.8, 4) is 6.07 Å². The number of hydrogen-bond donors (Lipinski definition) is 4. The Morgan fingerprint density at radius 2 is 1.97 bits per heavy atom. The topological polar surface area (TPSA) is 100 Å². The number of amides is 1. The molecule has 0 aromatic heterocycles. The summed E-state index contributed by atoms with van der Waals surface area (Å²) < 4.78 is 39.2. The van der Waals surface area contributed by atoms with Gasteiger partial charge >= 0.3 is 6.18 Å². The van der Waals surface area contributed by atoms with Crippen LogP contribution in [0.5, 0.6) is 0 Å². The third kappa shape index (κ3) is 4.10. The Morgan fingerprint density at radius 1 is 1.29 bits per heavy atom. The Balaban J connectivity index is 1.53. The molecule has 168 valence electrons. The Labute approximate surface area is 178 Å². The van der Waals surface area contributed by atoms with Gasteiger partial charge in [0.25, 0.3) is 0 Å². The fraction of sp³-hybridized carbons (Fsp3) is 0.619. The Morgan fingerprint density at radius 3 is 2.55 bits per heavy atom. The molecule has 0 bridgehead atoms. The highest BCUT2D eigenvalue weighted by Gasteiger charge is 2.52. The van der Waals surface area contributed by atoms with Crippen molar-refractivity contribution in [2.45, 2.75) is 62.6 Å². The number of fused-ring (bicyclic) bond motifs is 1. The summed E-state index contributed by atoms with van der Waals surface area (Å²) in [5, 5.41) is 27.3. The molecule has 4 N–H and O–H groups in total. The predicted octanol–water partition coefficient (Wildman–Crippen LogP) is 2.21. The smallest absolute Gasteiger partial charge is 0.376 e. The van der Waals surface area contributed by atoms with Crippen LogP contribution in [-0.2, 0) is 10.4 Å². The maximum atomic E-state index is 13.1. The summed E-state index contributed by atoms with van der Waals surface area (Å²) in [4.78, 5) is 12.6. The second-order valence-electron chi connectivity index (χ2n) is 8.75. The number of nitriles is 1. The molecule has 31 heavy (non-hydrogen) atoms. The largest absolute Gasteiger partial charge is 0.421 e. The van der Waals surface area contributed by atoms with Gasteiger partial charge in [-0.2, -0.15) is 18.4 Å². The lowest BCUT2D eigenvalue weighted by atomic mass is 9.90. The minimum atomic E-state index is -4.79. The van der Waals surface area contributed by atoms with Gasteiger partial charge in [0.15, 0.2) is 5.60 Å². The van der Waals surface area contributed by atoms with Crippen LogP contribution in [0.15, 0.2) is 24.3 Å². The first-order chi connectivity index (χ1) is 14.6. The number of carbonyl (C=O) groups is 1. The van der Waals surface area contributed by atoms with Crippen LogP contribution in [0.25, 0.3) is 0 Å². The zero-order valence-electron chi connectivity index (χ0n) is 17.1. The molecule has 5 atom stereocenters. The number of rotatable bonds is 6. The maximum absolute atomic E-state index is 13.1. The minimum absolute atomic E-state index is 0.0273. The van der Waals surface area contributed by atoms with Gasteiger partial charge in [-0.3, -0.25) is 4.79 Å². The fourth-order valence-corrected chi connectivity index (χ4v) is 4.60. The molecule has 2 heterocycles. The number of carbonyl (C=O) groups excluding carboxylic acids is 1. The van der Waals surface area contributed by atoms with Crippen molar-refractivity contribution in [3.63, 3.8) is 0 Å². The minimum Gasteiger partial charge on any atom is -0.376 e. The number of alkyl halides is 3. The first-order valence-corrected chi connectivity index (χ1v) is 10.5. The highest BCUT2D eigenvalue weighted by atomic mass is 19.4. The highest BCUT2D eigenvalue weighted by Crippen LogP contribution is 2.41. The Hall–Kier alpha value is -2.35. The van der Waals surface area contributed by atoms with E-state index in [0.717, 1.165) is 26.2 Å². The average molecular weight is 437 g/mol. The van der Waals surface area contributed by atoms with E-state index >= 15 is 0 Å². The molecule has 10 heteroatoms. The van der Waals surface area contributed by atoms with Crippen molar-refractivity contribution >= 4 is 11.6 Å². The third-order valence-electron chi connectivity index (χ3n) is 6.61. The van der Waals surface area contributed by atoms with Crippen molar-refractivity contribution in [2.24, 2.45) is 11.8 Å². The lowest BCUT2D eigenvalue weighted by molar-refractivity contribution is -0.258. The van der Waals surface area contributed by atoms with Crippen molar-refractivity contribution in [2.75, 3.05) is 11.9 Å². The summed E-state index contributed by atoms with van der Waals surface area (Å²) >= 11 is 0. The van der Waals surface area contributed by atoms with Crippen LogP contribution < -0.4 is 16.1 Å². The van der Waals surface area contributed by atoms with Gasteiger partial charge in [0.2, 0.25) is 5.91 Å². The van der Waals surface area contributed by atoms with Gasteiger partial charge in [-0.25, -0.2) is 10.4 Å². The fourth-order valence-electron chi connectivity index (χ4n) is 4.60. The van der Waals surface area contributed by atoms with Crippen LogP contribution >= 0.6 is 0 Å². The summed E-state index contributed by atoms with van der Waals surface area (Å²) in [6.45, 7) is 1.28. The zero-order valence-corrected chi connectivity index (χ0v) is 17.1. The van der Waals surface area contributed by atoms with E-state index in [0.29, 0.717) is 24.6 Å². The van der Waals surface area contributed by atoms with Crippen molar-refractivity contribution < 1.29 is 23.1 Å². The number of aliphatic hydroxyl groups is 1. The molecule has 2 aliphatic heterocycles. The first-order valence-electron chi connectivity index (χ1n) is 10.5. The normalized spacial score (nSPS) is 29.4. The summed E-state index contributed by atoms with van der Waals surface area (Å²) in [5.74, 6) is -0.0565. The molecule has 4 rings (SSSR count). The summed E-state index contributed by atoms with van der Waals surface area (Å²) in [6.07, 6.45) is -2.00. The van der Waals surface area contributed by atoms with Gasteiger partial charge in [0, 0.05) is 24.3 Å². The lowest BCUT2D eigenvalue weighted by Gasteiger charge is -2.34. The first kappa shape index (κ1) is 21.9. The number of anilines is 1. The van der Waals surface area contributed by atoms with Crippen LogP contribution in [0.2, 0.25) is 0 Å². The van der Waals surface area contributed by atoms with E-state index in [1.165, 1.54) is 24.3 Å². The standard InChI is InChI=1S/C21H26F3N5O2/c1-20(31,21(22,23)24)13-4-6-14(7-5-13)27-18-17-16(9-11-26-19(17)30)29(28-18)15(8-10-25)12-2-3-12/h4-7,12,15-18,27-28,31H,2-3,8-9,11H2,1H3,(H,26,30)/t15-,16?,17?,18?,20?/m0/s1. The zero-order chi connectivity index (χ0) is 22.4. The molecule has 1 aromatic rings. The van der Waals surface area contributed by atoms with Gasteiger partial charge in [-0.15, -0.1) is 0 Å². The van der Waals surface area contributed by atoms with E-state index in [2.05, 4.69) is 27.1 Å². The van der Waals surface area contributed by atoms with Crippen LogP contribution in [0.1, 0.15) is 38.2 Å². The molecule has 1 aromatic carbocycles. The van der Waals surface area contributed by atoms with Crippen molar-refractivity contribution in [1.29, 1.82) is 5.26 Å². The van der Waals surface area contributed by atoms with Gasteiger partial charge in [-0.05, 0) is 49.8 Å². The molecule has 7 nitrogen and oxygen atoms in total. The Kier molecular flexibility index (Phi) is 5.62. The lowest BCUT2D eigenvalue weighted by Crippen LogP contribution is -2.52. The van der Waals surface area contributed by atoms with Crippen molar-refractivity contribution in [3.05, 3.63) is 29.8 Å². The Bertz CT molecular complexity index is 863. The quantitative estimate of drug-likeness (QED) is 0.545. The molecule has 1 amide bonds. The second kappa shape index (κ2) is 7.97. The predicted molar refractivity (Wildman–Crippen MR) is 106 cm³/mol. The molecule has 4 unspecified atom stereocenters. The molecule has 0 spiro atoms. The molecule has 3 fully saturated rings. The van der Waals surface area contributed by atoms with E-state index in [1.54, 1.807) is 0 Å².